The number of carbonyl (C=O) groups is 2. The van der Waals surface area contributed by atoms with Crippen molar-refractivity contribution < 1.29 is 19.1 Å². The highest BCUT2D eigenvalue weighted by atomic mass is 16.5. The number of benzene rings is 2. The summed E-state index contributed by atoms with van der Waals surface area (Å²) in [6.45, 7) is 2.69. The molecular weight excluding hydrogens is 332 g/mol. The van der Waals surface area contributed by atoms with Crippen molar-refractivity contribution >= 4 is 17.7 Å². The van der Waals surface area contributed by atoms with Gasteiger partial charge in [0.2, 0.25) is 0 Å². The predicted molar refractivity (Wildman–Crippen MR) is 100 cm³/mol. The molecule has 0 aliphatic heterocycles. The molecule has 0 atom stereocenters. The fourth-order valence-corrected chi connectivity index (χ4v) is 2.35. The number of urea groups is 1. The lowest BCUT2D eigenvalue weighted by atomic mass is 10.2. The number of hydrogen-bond acceptors (Lipinski definition) is 4. The largest absolute Gasteiger partial charge is 0.496 e. The molecule has 0 aromatic heterocycles. The molecule has 138 valence electrons. The maximum absolute atomic E-state index is 12.2. The monoisotopic (exact) mass is 356 g/mol. The maximum Gasteiger partial charge on any atom is 0.340 e. The Labute approximate surface area is 153 Å². The number of methoxy groups -OCH3 is 1. The van der Waals surface area contributed by atoms with Crippen molar-refractivity contribution in [1.82, 2.24) is 5.32 Å². The first-order valence-corrected chi connectivity index (χ1v) is 8.58. The Morgan fingerprint density at radius 1 is 1.04 bits per heavy atom. The van der Waals surface area contributed by atoms with Crippen molar-refractivity contribution in [2.45, 2.75) is 26.3 Å². The first-order valence-electron chi connectivity index (χ1n) is 8.58. The summed E-state index contributed by atoms with van der Waals surface area (Å²) >= 11 is 0. The van der Waals surface area contributed by atoms with Gasteiger partial charge in [-0.3, -0.25) is 0 Å². The molecule has 0 spiro atoms. The molecule has 6 heteroatoms. The van der Waals surface area contributed by atoms with E-state index < -0.39 is 12.0 Å². The summed E-state index contributed by atoms with van der Waals surface area (Å²) in [5.41, 5.74) is 1.60. The van der Waals surface area contributed by atoms with Crippen LogP contribution in [0.4, 0.5) is 10.5 Å². The number of hydrogen-bond donors (Lipinski definition) is 2. The second-order valence-electron chi connectivity index (χ2n) is 5.65. The lowest BCUT2D eigenvalue weighted by molar-refractivity contribution is 0.0501. The fourth-order valence-electron chi connectivity index (χ4n) is 2.35. The lowest BCUT2D eigenvalue weighted by Gasteiger charge is -2.13. The van der Waals surface area contributed by atoms with Crippen LogP contribution in [0.15, 0.2) is 48.5 Å². The van der Waals surface area contributed by atoms with Crippen LogP contribution in [0.2, 0.25) is 0 Å². The van der Waals surface area contributed by atoms with E-state index >= 15 is 0 Å². The van der Waals surface area contributed by atoms with Crippen LogP contribution in [-0.4, -0.2) is 25.7 Å². The fraction of sp³-hybridized carbons (Fsp3) is 0.300. The van der Waals surface area contributed by atoms with Crippen LogP contribution < -0.4 is 15.4 Å². The first kappa shape index (κ1) is 19.3. The van der Waals surface area contributed by atoms with Gasteiger partial charge in [-0.15, -0.1) is 0 Å². The van der Waals surface area contributed by atoms with E-state index in [1.807, 2.05) is 31.2 Å². The zero-order chi connectivity index (χ0) is 18.8. The van der Waals surface area contributed by atoms with Gasteiger partial charge in [0.25, 0.3) is 0 Å². The number of anilines is 1. The number of amides is 2. The minimum Gasteiger partial charge on any atom is -0.496 e. The van der Waals surface area contributed by atoms with Crippen LogP contribution in [0.3, 0.4) is 0 Å². The van der Waals surface area contributed by atoms with E-state index in [0.717, 1.165) is 18.4 Å². The molecule has 0 radical (unpaired) electrons. The molecule has 6 nitrogen and oxygen atoms in total. The average molecular weight is 356 g/mol. The SMILES string of the molecule is CCCCOC(=O)c1ccccc1NC(=O)NCc1ccccc1OC. The van der Waals surface area contributed by atoms with Gasteiger partial charge in [0.15, 0.2) is 0 Å². The topological polar surface area (TPSA) is 76.7 Å². The average Bonchev–Trinajstić information content (AvgIpc) is 2.67. The van der Waals surface area contributed by atoms with Crippen LogP contribution >= 0.6 is 0 Å². The molecule has 0 aliphatic carbocycles. The van der Waals surface area contributed by atoms with Crippen LogP contribution in [0.25, 0.3) is 0 Å². The predicted octanol–water partition coefficient (Wildman–Crippen LogP) is 3.97. The molecule has 0 bridgehead atoms. The molecule has 0 fully saturated rings. The van der Waals surface area contributed by atoms with Crippen molar-refractivity contribution in [2.24, 2.45) is 0 Å². The molecule has 2 amide bonds. The minimum absolute atomic E-state index is 0.305. The normalized spacial score (nSPS) is 10.1. The van der Waals surface area contributed by atoms with E-state index in [0.29, 0.717) is 30.2 Å². The van der Waals surface area contributed by atoms with Crippen LogP contribution in [0.1, 0.15) is 35.7 Å². The molecular formula is C20H24N2O4. The van der Waals surface area contributed by atoms with E-state index in [4.69, 9.17) is 9.47 Å². The smallest absolute Gasteiger partial charge is 0.340 e. The Morgan fingerprint density at radius 3 is 2.54 bits per heavy atom. The molecule has 0 aliphatic rings. The molecule has 2 aromatic rings. The molecule has 2 aromatic carbocycles. The van der Waals surface area contributed by atoms with Gasteiger partial charge in [-0.25, -0.2) is 9.59 Å². The number of ether oxygens (including phenoxy) is 2. The van der Waals surface area contributed by atoms with E-state index in [2.05, 4.69) is 10.6 Å². The van der Waals surface area contributed by atoms with E-state index in [1.54, 1.807) is 31.4 Å². The highest BCUT2D eigenvalue weighted by molar-refractivity contribution is 6.00. The Hall–Kier alpha value is -3.02. The maximum atomic E-state index is 12.2. The third-order valence-electron chi connectivity index (χ3n) is 3.76. The van der Waals surface area contributed by atoms with Gasteiger partial charge in [0, 0.05) is 12.1 Å². The molecule has 0 saturated carbocycles. The number of unbranched alkanes of at least 4 members (excludes halogenated alkanes) is 1. The third kappa shape index (κ3) is 5.51. The molecule has 0 unspecified atom stereocenters. The van der Waals surface area contributed by atoms with Crippen molar-refractivity contribution in [3.63, 3.8) is 0 Å². The second-order valence-corrected chi connectivity index (χ2v) is 5.65. The zero-order valence-corrected chi connectivity index (χ0v) is 15.1. The summed E-state index contributed by atoms with van der Waals surface area (Å²) in [7, 11) is 1.58. The van der Waals surface area contributed by atoms with Crippen molar-refractivity contribution in [1.29, 1.82) is 0 Å². The lowest BCUT2D eigenvalue weighted by Crippen LogP contribution is -2.29. The Morgan fingerprint density at radius 2 is 1.77 bits per heavy atom. The van der Waals surface area contributed by atoms with Gasteiger partial charge >= 0.3 is 12.0 Å². The summed E-state index contributed by atoms with van der Waals surface area (Å²) in [5.74, 6) is 0.256. The van der Waals surface area contributed by atoms with E-state index in [-0.39, 0.29) is 0 Å². The van der Waals surface area contributed by atoms with E-state index in [9.17, 15) is 9.59 Å². The Bertz CT molecular complexity index is 746. The van der Waals surface area contributed by atoms with Gasteiger partial charge in [-0.05, 0) is 24.6 Å². The summed E-state index contributed by atoms with van der Waals surface area (Å²) in [6, 6.07) is 13.8. The van der Waals surface area contributed by atoms with Gasteiger partial charge in [0.1, 0.15) is 5.75 Å². The Balaban J connectivity index is 1.97. The highest BCUT2D eigenvalue weighted by Gasteiger charge is 2.14. The third-order valence-corrected chi connectivity index (χ3v) is 3.76. The molecule has 0 saturated heterocycles. The minimum atomic E-state index is -0.445. The molecule has 2 N–H and O–H groups in total. The quantitative estimate of drug-likeness (QED) is 0.554. The molecule has 0 heterocycles. The number of para-hydroxylation sites is 2. The Kier molecular flexibility index (Phi) is 7.49. The van der Waals surface area contributed by atoms with Gasteiger partial charge in [0.05, 0.1) is 25.0 Å². The van der Waals surface area contributed by atoms with Crippen molar-refractivity contribution in [2.75, 3.05) is 19.0 Å². The van der Waals surface area contributed by atoms with Crippen LogP contribution in [0.5, 0.6) is 5.75 Å². The summed E-state index contributed by atoms with van der Waals surface area (Å²) in [6.07, 6.45) is 1.75. The van der Waals surface area contributed by atoms with Gasteiger partial charge in [-0.2, -0.15) is 0 Å². The molecule has 2 rings (SSSR count). The first-order chi connectivity index (χ1) is 12.7. The standard InChI is InChI=1S/C20H24N2O4/c1-3-4-13-26-19(23)16-10-6-7-11-17(16)22-20(24)21-14-15-9-5-8-12-18(15)25-2/h5-12H,3-4,13-14H2,1-2H3,(H2,21,22,24). The van der Waals surface area contributed by atoms with Crippen molar-refractivity contribution in [3.8, 4) is 5.75 Å². The summed E-state index contributed by atoms with van der Waals surface area (Å²) < 4.78 is 10.5. The second kappa shape index (κ2) is 10.1. The highest BCUT2D eigenvalue weighted by Crippen LogP contribution is 2.18. The summed E-state index contributed by atoms with van der Waals surface area (Å²) in [4.78, 5) is 24.4. The zero-order valence-electron chi connectivity index (χ0n) is 15.1. The van der Waals surface area contributed by atoms with E-state index in [1.165, 1.54) is 0 Å². The van der Waals surface area contributed by atoms with Gasteiger partial charge < -0.3 is 20.1 Å². The number of nitrogens with one attached hydrogen (secondary N) is 2. The summed E-state index contributed by atoms with van der Waals surface area (Å²) in [5, 5.41) is 5.46. The molecule has 26 heavy (non-hydrogen) atoms. The van der Waals surface area contributed by atoms with Crippen molar-refractivity contribution in [3.05, 3.63) is 59.7 Å². The number of rotatable bonds is 8. The van der Waals surface area contributed by atoms with Crippen LogP contribution in [0, 0.1) is 0 Å². The number of esters is 1. The number of carbonyl (C=O) groups excluding carboxylic acids is 2. The van der Waals surface area contributed by atoms with Crippen LogP contribution in [-0.2, 0) is 11.3 Å². The van der Waals surface area contributed by atoms with Gasteiger partial charge in [-0.1, -0.05) is 43.7 Å².